The van der Waals surface area contributed by atoms with E-state index in [1.807, 2.05) is 4.90 Å². The zero-order valence-electron chi connectivity index (χ0n) is 21.1. The molecule has 0 radical (unpaired) electrons. The highest BCUT2D eigenvalue weighted by Gasteiger charge is 2.33. The molecule has 2 aliphatic rings. The van der Waals surface area contributed by atoms with Crippen LogP contribution < -0.4 is 10.2 Å². The van der Waals surface area contributed by atoms with Crippen molar-refractivity contribution in [3.8, 4) is 6.07 Å². The molecule has 1 saturated heterocycles. The third-order valence-electron chi connectivity index (χ3n) is 7.23. The van der Waals surface area contributed by atoms with Crippen molar-refractivity contribution in [2.75, 3.05) is 36.4 Å². The largest absolute Gasteiger partial charge is 0.423 e. The van der Waals surface area contributed by atoms with Crippen LogP contribution in [0.15, 0.2) is 33.6 Å². The van der Waals surface area contributed by atoms with E-state index >= 15 is 0 Å². The van der Waals surface area contributed by atoms with Gasteiger partial charge in [0.25, 0.3) is 0 Å². The lowest BCUT2D eigenvalue weighted by molar-refractivity contribution is -0.114. The molecule has 2 fully saturated rings. The van der Waals surface area contributed by atoms with E-state index in [1.165, 1.54) is 55.5 Å². The number of hydrogen-bond acceptors (Lipinski definition) is 7. The molecular formula is C26H35N5O4S. The zero-order chi connectivity index (χ0) is 25.7. The van der Waals surface area contributed by atoms with E-state index in [0.29, 0.717) is 30.6 Å². The second-order valence-corrected chi connectivity index (χ2v) is 11.7. The van der Waals surface area contributed by atoms with Gasteiger partial charge in [-0.25, -0.2) is 13.4 Å². The number of nitrogens with one attached hydrogen (secondary N) is 1. The standard InChI is InChI=1S/C26H35N5O4S/c1-3-4-5-20-6-8-21(9-7-20)25-29-24(18-27)26(35-25)30-14-16-31(17-15-30)36(33,34)23-12-10-22(11-13-23)28-19(2)32/h10-13,20-21H,3-9,14-17H2,1-2H3,(H,28,32). The number of amides is 1. The lowest BCUT2D eigenvalue weighted by atomic mass is 9.80. The van der Waals surface area contributed by atoms with Crippen molar-refractivity contribution in [3.63, 3.8) is 0 Å². The molecule has 36 heavy (non-hydrogen) atoms. The molecule has 0 atom stereocenters. The van der Waals surface area contributed by atoms with Crippen molar-refractivity contribution in [2.24, 2.45) is 5.92 Å². The number of anilines is 2. The van der Waals surface area contributed by atoms with E-state index in [9.17, 15) is 18.5 Å². The summed E-state index contributed by atoms with van der Waals surface area (Å²) in [5, 5.41) is 12.3. The van der Waals surface area contributed by atoms with Crippen molar-refractivity contribution in [2.45, 2.75) is 69.6 Å². The van der Waals surface area contributed by atoms with Gasteiger partial charge >= 0.3 is 0 Å². The molecule has 1 aliphatic carbocycles. The normalized spacial score (nSPS) is 21.2. The number of carbonyl (C=O) groups is 1. The van der Waals surface area contributed by atoms with Crippen molar-refractivity contribution in [3.05, 3.63) is 35.9 Å². The summed E-state index contributed by atoms with van der Waals surface area (Å²) in [5.41, 5.74) is 0.828. The number of benzene rings is 1. The van der Waals surface area contributed by atoms with Crippen LogP contribution in [0.3, 0.4) is 0 Å². The molecule has 10 heteroatoms. The van der Waals surface area contributed by atoms with Crippen LogP contribution in [0.4, 0.5) is 11.6 Å². The van der Waals surface area contributed by atoms with Gasteiger partial charge in [-0.2, -0.15) is 9.57 Å². The number of sulfonamides is 1. The third kappa shape index (κ3) is 5.90. The summed E-state index contributed by atoms with van der Waals surface area (Å²) in [7, 11) is -3.67. The fourth-order valence-electron chi connectivity index (χ4n) is 5.17. The molecule has 0 spiro atoms. The van der Waals surface area contributed by atoms with Gasteiger partial charge in [-0.05, 0) is 55.9 Å². The van der Waals surface area contributed by atoms with Crippen LogP contribution in [-0.2, 0) is 14.8 Å². The van der Waals surface area contributed by atoms with Gasteiger partial charge in [0, 0.05) is 44.7 Å². The third-order valence-corrected chi connectivity index (χ3v) is 9.14. The first-order chi connectivity index (χ1) is 17.3. The Hall–Kier alpha value is -2.90. The van der Waals surface area contributed by atoms with Crippen LogP contribution in [0.2, 0.25) is 0 Å². The SMILES string of the molecule is CCCCC1CCC(c2nc(C#N)c(N3CCN(S(=O)(=O)c4ccc(NC(C)=O)cc4)CC3)o2)CC1. The van der Waals surface area contributed by atoms with Crippen LogP contribution in [0.25, 0.3) is 0 Å². The number of nitriles is 1. The van der Waals surface area contributed by atoms with Crippen molar-refractivity contribution in [1.82, 2.24) is 9.29 Å². The van der Waals surface area contributed by atoms with E-state index in [-0.39, 0.29) is 35.5 Å². The molecule has 194 valence electrons. The Morgan fingerprint density at radius 1 is 1.14 bits per heavy atom. The summed E-state index contributed by atoms with van der Waals surface area (Å²) >= 11 is 0. The zero-order valence-corrected chi connectivity index (χ0v) is 21.9. The maximum atomic E-state index is 13.1. The highest BCUT2D eigenvalue weighted by Crippen LogP contribution is 2.39. The van der Waals surface area contributed by atoms with Gasteiger partial charge in [0.15, 0.2) is 0 Å². The Balaban J connectivity index is 1.38. The van der Waals surface area contributed by atoms with Gasteiger partial charge in [0.2, 0.25) is 33.4 Å². The monoisotopic (exact) mass is 513 g/mol. The maximum absolute atomic E-state index is 13.1. The molecule has 2 aromatic rings. The predicted octanol–water partition coefficient (Wildman–Crippen LogP) is 4.48. The first-order valence-electron chi connectivity index (χ1n) is 12.9. The summed E-state index contributed by atoms with van der Waals surface area (Å²) < 4.78 is 33.8. The van der Waals surface area contributed by atoms with E-state index in [4.69, 9.17) is 4.42 Å². The molecular weight excluding hydrogens is 478 g/mol. The maximum Gasteiger partial charge on any atom is 0.243 e. The van der Waals surface area contributed by atoms with Gasteiger partial charge in [-0.15, -0.1) is 0 Å². The Morgan fingerprint density at radius 2 is 1.81 bits per heavy atom. The highest BCUT2D eigenvalue weighted by molar-refractivity contribution is 7.89. The van der Waals surface area contributed by atoms with Crippen molar-refractivity contribution < 1.29 is 17.6 Å². The fraction of sp³-hybridized carbons (Fsp3) is 0.577. The molecule has 2 heterocycles. The van der Waals surface area contributed by atoms with Crippen LogP contribution in [0.5, 0.6) is 0 Å². The number of nitrogens with zero attached hydrogens (tertiary/aromatic N) is 4. The van der Waals surface area contributed by atoms with E-state index in [2.05, 4.69) is 23.3 Å². The summed E-state index contributed by atoms with van der Waals surface area (Å²) in [5.74, 6) is 1.91. The number of piperazine rings is 1. The molecule has 1 amide bonds. The van der Waals surface area contributed by atoms with Gasteiger partial charge in [-0.3, -0.25) is 4.79 Å². The van der Waals surface area contributed by atoms with Gasteiger partial charge in [0.1, 0.15) is 6.07 Å². The predicted molar refractivity (Wildman–Crippen MR) is 137 cm³/mol. The quantitative estimate of drug-likeness (QED) is 0.553. The minimum absolute atomic E-state index is 0.180. The molecule has 9 nitrogen and oxygen atoms in total. The second-order valence-electron chi connectivity index (χ2n) is 9.77. The smallest absolute Gasteiger partial charge is 0.243 e. The average molecular weight is 514 g/mol. The Morgan fingerprint density at radius 3 is 2.39 bits per heavy atom. The van der Waals surface area contributed by atoms with Crippen LogP contribution in [0, 0.1) is 17.2 Å². The lowest BCUT2D eigenvalue weighted by Gasteiger charge is -2.33. The Kier molecular flexibility index (Phi) is 8.32. The minimum atomic E-state index is -3.67. The number of aromatic nitrogens is 1. The van der Waals surface area contributed by atoms with Crippen molar-refractivity contribution >= 4 is 27.5 Å². The summed E-state index contributed by atoms with van der Waals surface area (Å²) in [4.78, 5) is 17.8. The molecule has 1 aromatic carbocycles. The van der Waals surface area contributed by atoms with Gasteiger partial charge in [0.05, 0.1) is 4.90 Å². The summed E-state index contributed by atoms with van der Waals surface area (Å²) in [6, 6.07) is 8.33. The number of hydrogen-bond donors (Lipinski definition) is 1. The molecule has 1 N–H and O–H groups in total. The van der Waals surface area contributed by atoms with E-state index < -0.39 is 10.0 Å². The molecule has 1 aromatic heterocycles. The molecule has 1 saturated carbocycles. The van der Waals surface area contributed by atoms with Gasteiger partial charge in [-0.1, -0.05) is 26.2 Å². The number of oxazole rings is 1. The van der Waals surface area contributed by atoms with Crippen LogP contribution >= 0.6 is 0 Å². The molecule has 4 rings (SSSR count). The van der Waals surface area contributed by atoms with Gasteiger partial charge < -0.3 is 14.6 Å². The average Bonchev–Trinajstić information content (AvgIpc) is 3.32. The number of unbranched alkanes of at least 4 members (excludes halogenated alkanes) is 1. The first kappa shape index (κ1) is 26.2. The Labute approximate surface area is 213 Å². The topological polar surface area (TPSA) is 120 Å². The second kappa shape index (κ2) is 11.4. The lowest BCUT2D eigenvalue weighted by Crippen LogP contribution is -2.48. The highest BCUT2D eigenvalue weighted by atomic mass is 32.2. The fourth-order valence-corrected chi connectivity index (χ4v) is 6.60. The van der Waals surface area contributed by atoms with E-state index in [1.54, 1.807) is 12.1 Å². The first-order valence-corrected chi connectivity index (χ1v) is 14.3. The van der Waals surface area contributed by atoms with Crippen molar-refractivity contribution in [1.29, 1.82) is 5.26 Å². The van der Waals surface area contributed by atoms with Crippen LogP contribution in [0.1, 0.15) is 76.3 Å². The number of carbonyl (C=O) groups excluding carboxylic acids is 1. The number of rotatable bonds is 8. The Bertz CT molecular complexity index is 1190. The molecule has 0 unspecified atom stereocenters. The van der Waals surface area contributed by atoms with E-state index in [0.717, 1.165) is 18.8 Å². The molecule has 0 bridgehead atoms. The minimum Gasteiger partial charge on any atom is -0.423 e. The summed E-state index contributed by atoms with van der Waals surface area (Å²) in [6.45, 7) is 5.01. The van der Waals surface area contributed by atoms with Crippen LogP contribution in [-0.4, -0.2) is 49.8 Å². The molecule has 1 aliphatic heterocycles. The summed E-state index contributed by atoms with van der Waals surface area (Å²) in [6.07, 6.45) is 8.21.